The zero-order chi connectivity index (χ0) is 14.4. The van der Waals surface area contributed by atoms with Gasteiger partial charge in [-0.1, -0.05) is 15.9 Å². The van der Waals surface area contributed by atoms with E-state index in [9.17, 15) is 13.6 Å². The molecule has 0 atom stereocenters. The third-order valence-corrected chi connectivity index (χ3v) is 2.76. The van der Waals surface area contributed by atoms with E-state index in [1.807, 2.05) is 6.07 Å². The molecule has 0 saturated heterocycles. The lowest BCUT2D eigenvalue weighted by atomic mass is 10.0. The van der Waals surface area contributed by atoms with E-state index in [2.05, 4.69) is 20.7 Å². The van der Waals surface area contributed by atoms with Crippen LogP contribution in [0.25, 0.3) is 0 Å². The van der Waals surface area contributed by atoms with E-state index in [-0.39, 0.29) is 28.8 Å². The minimum atomic E-state index is -3.09. The van der Waals surface area contributed by atoms with Gasteiger partial charge in [0.05, 0.1) is 18.2 Å². The Hall–Kier alpha value is -1.68. The maximum atomic E-state index is 12.4. The van der Waals surface area contributed by atoms with Gasteiger partial charge < -0.3 is 9.47 Å². The molecule has 4 nitrogen and oxygen atoms in total. The highest BCUT2D eigenvalue weighted by molar-refractivity contribution is 9.08. The van der Waals surface area contributed by atoms with Gasteiger partial charge >= 0.3 is 12.6 Å². The number of nitriles is 1. The number of hydrogen-bond donors (Lipinski definition) is 0. The Morgan fingerprint density at radius 2 is 2.21 bits per heavy atom. The topological polar surface area (TPSA) is 59.3 Å². The first kappa shape index (κ1) is 15.4. The van der Waals surface area contributed by atoms with Gasteiger partial charge in [-0.15, -0.1) is 0 Å². The molecule has 1 aromatic carbocycles. The molecule has 0 bridgehead atoms. The van der Waals surface area contributed by atoms with Gasteiger partial charge in [0.1, 0.15) is 11.3 Å². The van der Waals surface area contributed by atoms with Gasteiger partial charge in [0, 0.05) is 5.33 Å². The highest BCUT2D eigenvalue weighted by Crippen LogP contribution is 2.28. The van der Waals surface area contributed by atoms with Gasteiger partial charge in [-0.05, 0) is 24.6 Å². The zero-order valence-corrected chi connectivity index (χ0v) is 11.5. The molecule has 7 heteroatoms. The molecule has 0 saturated carbocycles. The fraction of sp³-hybridized carbons (Fsp3) is 0.333. The van der Waals surface area contributed by atoms with Crippen LogP contribution in [0.15, 0.2) is 12.1 Å². The monoisotopic (exact) mass is 333 g/mol. The molecule has 0 radical (unpaired) electrons. The van der Waals surface area contributed by atoms with Crippen molar-refractivity contribution in [3.8, 4) is 11.8 Å². The molecular formula is C12H10BrF2NO3. The first-order valence-electron chi connectivity index (χ1n) is 5.28. The van der Waals surface area contributed by atoms with E-state index in [1.54, 1.807) is 6.92 Å². The lowest BCUT2D eigenvalue weighted by molar-refractivity contribution is -0.0504. The summed E-state index contributed by atoms with van der Waals surface area (Å²) in [6.45, 7) is -1.39. The molecule has 0 N–H and O–H groups in total. The molecule has 0 amide bonds. The largest absolute Gasteiger partial charge is 0.462 e. The number of rotatable bonds is 5. The molecule has 0 aromatic heterocycles. The van der Waals surface area contributed by atoms with Crippen molar-refractivity contribution in [2.45, 2.75) is 18.9 Å². The molecule has 0 spiro atoms. The van der Waals surface area contributed by atoms with Gasteiger partial charge in [-0.2, -0.15) is 14.0 Å². The van der Waals surface area contributed by atoms with Crippen LogP contribution in [-0.4, -0.2) is 19.2 Å². The third kappa shape index (κ3) is 3.89. The second kappa shape index (κ2) is 7.04. The Morgan fingerprint density at radius 1 is 1.53 bits per heavy atom. The van der Waals surface area contributed by atoms with Gasteiger partial charge in [0.25, 0.3) is 0 Å². The Kier molecular flexibility index (Phi) is 5.70. The average Bonchev–Trinajstić information content (AvgIpc) is 2.37. The van der Waals surface area contributed by atoms with Crippen LogP contribution < -0.4 is 4.74 Å². The predicted molar refractivity (Wildman–Crippen MR) is 66.4 cm³/mol. The maximum Gasteiger partial charge on any atom is 0.387 e. The summed E-state index contributed by atoms with van der Waals surface area (Å²) in [6.07, 6.45) is 0. The van der Waals surface area contributed by atoms with Crippen LogP contribution in [0.4, 0.5) is 8.78 Å². The van der Waals surface area contributed by atoms with Crippen LogP contribution in [0.5, 0.6) is 5.75 Å². The average molecular weight is 334 g/mol. The number of ether oxygens (including phenoxy) is 2. The van der Waals surface area contributed by atoms with Crippen molar-refractivity contribution in [3.05, 3.63) is 28.8 Å². The summed E-state index contributed by atoms with van der Waals surface area (Å²) in [7, 11) is 0. The molecule has 0 heterocycles. The lowest BCUT2D eigenvalue weighted by Gasteiger charge is -2.13. The first-order valence-corrected chi connectivity index (χ1v) is 6.40. The molecule has 1 aromatic rings. The lowest BCUT2D eigenvalue weighted by Crippen LogP contribution is -2.13. The molecule has 0 fully saturated rings. The quantitative estimate of drug-likeness (QED) is 0.613. The van der Waals surface area contributed by atoms with E-state index in [1.165, 1.54) is 6.07 Å². The van der Waals surface area contributed by atoms with Crippen LogP contribution in [0, 0.1) is 11.3 Å². The molecule has 0 unspecified atom stereocenters. The molecular weight excluding hydrogens is 324 g/mol. The fourth-order valence-electron chi connectivity index (χ4n) is 1.47. The molecule has 19 heavy (non-hydrogen) atoms. The summed E-state index contributed by atoms with van der Waals surface area (Å²) in [6, 6.07) is 4.32. The second-order valence-corrected chi connectivity index (χ2v) is 3.91. The van der Waals surface area contributed by atoms with E-state index < -0.39 is 12.6 Å². The molecule has 1 rings (SSSR count). The van der Waals surface area contributed by atoms with E-state index in [4.69, 9.17) is 10.00 Å². The zero-order valence-electron chi connectivity index (χ0n) is 9.95. The van der Waals surface area contributed by atoms with Crippen LogP contribution in [0.2, 0.25) is 0 Å². The van der Waals surface area contributed by atoms with Crippen molar-refractivity contribution in [2.75, 3.05) is 6.61 Å². The minimum absolute atomic E-state index is 0.0991. The van der Waals surface area contributed by atoms with Crippen LogP contribution >= 0.6 is 15.9 Å². The number of alkyl halides is 3. The molecule has 0 aliphatic heterocycles. The summed E-state index contributed by atoms with van der Waals surface area (Å²) in [5, 5.41) is 9.03. The third-order valence-electron chi connectivity index (χ3n) is 2.15. The van der Waals surface area contributed by atoms with Crippen molar-refractivity contribution < 1.29 is 23.0 Å². The van der Waals surface area contributed by atoms with Crippen LogP contribution in [0.1, 0.15) is 28.4 Å². The highest BCUT2D eigenvalue weighted by atomic mass is 79.9. The van der Waals surface area contributed by atoms with Gasteiger partial charge in [-0.25, -0.2) is 4.79 Å². The van der Waals surface area contributed by atoms with Crippen molar-refractivity contribution >= 4 is 21.9 Å². The van der Waals surface area contributed by atoms with Gasteiger partial charge in [-0.3, -0.25) is 0 Å². The van der Waals surface area contributed by atoms with Crippen molar-refractivity contribution in [2.24, 2.45) is 0 Å². The molecule has 102 valence electrons. The van der Waals surface area contributed by atoms with E-state index in [0.29, 0.717) is 5.56 Å². The van der Waals surface area contributed by atoms with Gasteiger partial charge in [0.15, 0.2) is 0 Å². The van der Waals surface area contributed by atoms with Crippen molar-refractivity contribution in [1.29, 1.82) is 5.26 Å². The Morgan fingerprint density at radius 3 is 2.68 bits per heavy atom. The number of benzene rings is 1. The second-order valence-electron chi connectivity index (χ2n) is 3.35. The Balaban J connectivity index is 3.37. The minimum Gasteiger partial charge on any atom is -0.462 e. The number of nitrogens with zero attached hydrogens (tertiary/aromatic N) is 1. The molecule has 0 aliphatic rings. The summed E-state index contributed by atoms with van der Waals surface area (Å²) in [5.74, 6) is -1.13. The van der Waals surface area contributed by atoms with Crippen molar-refractivity contribution in [1.82, 2.24) is 0 Å². The summed E-state index contributed by atoms with van der Waals surface area (Å²) in [4.78, 5) is 11.8. The summed E-state index contributed by atoms with van der Waals surface area (Å²) in [5.41, 5.74) is 0.379. The number of esters is 1. The normalized spacial score (nSPS) is 10.1. The van der Waals surface area contributed by atoms with Gasteiger partial charge in [0.2, 0.25) is 0 Å². The number of halogens is 3. The maximum absolute atomic E-state index is 12.4. The number of hydrogen-bond acceptors (Lipinski definition) is 4. The Bertz CT molecular complexity index is 514. The summed E-state index contributed by atoms with van der Waals surface area (Å²) >= 11 is 3.13. The molecule has 0 aliphatic carbocycles. The number of carbonyl (C=O) groups is 1. The Labute approximate surface area is 117 Å². The standard InChI is InChI=1S/C12H10BrF2NO3/c1-2-18-11(17)10-8(5-13)3-7(6-16)4-9(10)19-12(14)15/h3-4,12H,2,5H2,1H3. The van der Waals surface area contributed by atoms with Crippen molar-refractivity contribution in [3.63, 3.8) is 0 Å². The number of carbonyl (C=O) groups excluding carboxylic acids is 1. The van der Waals surface area contributed by atoms with E-state index >= 15 is 0 Å². The fourth-order valence-corrected chi connectivity index (χ4v) is 1.91. The van der Waals surface area contributed by atoms with Crippen LogP contribution in [0.3, 0.4) is 0 Å². The SMILES string of the molecule is CCOC(=O)c1c(CBr)cc(C#N)cc1OC(F)F. The highest BCUT2D eigenvalue weighted by Gasteiger charge is 2.22. The smallest absolute Gasteiger partial charge is 0.387 e. The predicted octanol–water partition coefficient (Wildman–Crippen LogP) is 3.23. The first-order chi connectivity index (χ1) is 9.03. The summed E-state index contributed by atoms with van der Waals surface area (Å²) < 4.78 is 33.8. The van der Waals surface area contributed by atoms with Crippen LogP contribution in [-0.2, 0) is 10.1 Å². The van der Waals surface area contributed by atoms with E-state index in [0.717, 1.165) is 6.07 Å².